The van der Waals surface area contributed by atoms with Gasteiger partial charge in [0.05, 0.1) is 6.04 Å². The first-order valence-electron chi connectivity index (χ1n) is 9.37. The molecule has 1 amide bonds. The Kier molecular flexibility index (Phi) is 4.85. The summed E-state index contributed by atoms with van der Waals surface area (Å²) in [5, 5.41) is 7.52. The van der Waals surface area contributed by atoms with Gasteiger partial charge >= 0.3 is 0 Å². The number of nitrogens with one attached hydrogen (secondary N) is 3. The minimum absolute atomic E-state index is 0.0447. The SMILES string of the molecule is CNC(=O)c1ccc(C(Nc2cccc(C)c2)c2c[nH]c3ccccc23)cc1. The fraction of sp³-hybridized carbons (Fsp3) is 0.125. The molecule has 0 fully saturated rings. The van der Waals surface area contributed by atoms with Crippen LogP contribution in [0, 0.1) is 6.92 Å². The molecule has 0 aliphatic rings. The van der Waals surface area contributed by atoms with Gasteiger partial charge < -0.3 is 15.6 Å². The number of H-pyrrole nitrogens is 1. The summed E-state index contributed by atoms with van der Waals surface area (Å²) < 4.78 is 0. The Hall–Kier alpha value is -3.53. The lowest BCUT2D eigenvalue weighted by atomic mass is 9.96. The van der Waals surface area contributed by atoms with Gasteiger partial charge in [-0.05, 0) is 48.4 Å². The smallest absolute Gasteiger partial charge is 0.251 e. The molecule has 4 rings (SSSR count). The van der Waals surface area contributed by atoms with Crippen LogP contribution in [0.2, 0.25) is 0 Å². The molecule has 0 aliphatic heterocycles. The van der Waals surface area contributed by atoms with E-state index in [4.69, 9.17) is 0 Å². The van der Waals surface area contributed by atoms with Crippen LogP contribution in [0.5, 0.6) is 0 Å². The lowest BCUT2D eigenvalue weighted by Crippen LogP contribution is -2.18. The van der Waals surface area contributed by atoms with Crippen LogP contribution in [-0.4, -0.2) is 17.9 Å². The second-order valence-electron chi connectivity index (χ2n) is 6.94. The van der Waals surface area contributed by atoms with Gasteiger partial charge in [0.2, 0.25) is 0 Å². The number of hydrogen-bond donors (Lipinski definition) is 3. The summed E-state index contributed by atoms with van der Waals surface area (Å²) in [5.41, 5.74) is 6.29. The molecule has 1 heterocycles. The van der Waals surface area contributed by atoms with Crippen molar-refractivity contribution in [2.75, 3.05) is 12.4 Å². The Morgan fingerprint density at radius 3 is 2.50 bits per heavy atom. The molecule has 1 aromatic heterocycles. The molecule has 0 saturated heterocycles. The Bertz CT molecular complexity index is 1110. The van der Waals surface area contributed by atoms with E-state index in [1.165, 1.54) is 16.5 Å². The van der Waals surface area contributed by atoms with Gasteiger partial charge in [-0.15, -0.1) is 0 Å². The van der Waals surface area contributed by atoms with Crippen LogP contribution in [0.25, 0.3) is 10.9 Å². The molecule has 28 heavy (non-hydrogen) atoms. The molecule has 4 aromatic rings. The summed E-state index contributed by atoms with van der Waals surface area (Å²) in [6.07, 6.45) is 2.06. The molecule has 4 heteroatoms. The highest BCUT2D eigenvalue weighted by Crippen LogP contribution is 2.32. The number of aryl methyl sites for hydroxylation is 1. The summed E-state index contributed by atoms with van der Waals surface area (Å²) >= 11 is 0. The molecule has 0 saturated carbocycles. The molecule has 3 N–H and O–H groups in total. The van der Waals surface area contributed by atoms with E-state index in [0.29, 0.717) is 5.56 Å². The van der Waals surface area contributed by atoms with Gasteiger partial charge in [0, 0.05) is 41.0 Å². The molecule has 0 radical (unpaired) electrons. The van der Waals surface area contributed by atoms with E-state index in [9.17, 15) is 4.79 Å². The van der Waals surface area contributed by atoms with E-state index >= 15 is 0 Å². The van der Waals surface area contributed by atoms with Crippen LogP contribution < -0.4 is 10.6 Å². The number of carbonyl (C=O) groups is 1. The predicted molar refractivity (Wildman–Crippen MR) is 115 cm³/mol. The van der Waals surface area contributed by atoms with Gasteiger partial charge in [-0.2, -0.15) is 0 Å². The molecular formula is C24H23N3O. The summed E-state index contributed by atoms with van der Waals surface area (Å²) in [4.78, 5) is 15.3. The lowest BCUT2D eigenvalue weighted by molar-refractivity contribution is 0.0963. The number of amides is 1. The van der Waals surface area contributed by atoms with Crippen LogP contribution in [0.3, 0.4) is 0 Å². The molecule has 3 aromatic carbocycles. The zero-order chi connectivity index (χ0) is 19.5. The lowest BCUT2D eigenvalue weighted by Gasteiger charge is -2.21. The molecular weight excluding hydrogens is 346 g/mol. The maximum atomic E-state index is 11.9. The van der Waals surface area contributed by atoms with E-state index in [2.05, 4.69) is 71.2 Å². The number of benzene rings is 3. The van der Waals surface area contributed by atoms with Crippen molar-refractivity contribution >= 4 is 22.5 Å². The highest BCUT2D eigenvalue weighted by molar-refractivity contribution is 5.94. The molecule has 1 unspecified atom stereocenters. The summed E-state index contributed by atoms with van der Waals surface area (Å²) in [5.74, 6) is -0.0816. The maximum absolute atomic E-state index is 11.9. The van der Waals surface area contributed by atoms with Gasteiger partial charge in [0.1, 0.15) is 0 Å². The van der Waals surface area contributed by atoms with Crippen molar-refractivity contribution in [2.24, 2.45) is 0 Å². The topological polar surface area (TPSA) is 56.9 Å². The van der Waals surface area contributed by atoms with Crippen LogP contribution >= 0.6 is 0 Å². The first-order valence-corrected chi connectivity index (χ1v) is 9.37. The quantitative estimate of drug-likeness (QED) is 0.462. The Labute approximate surface area is 164 Å². The summed E-state index contributed by atoms with van der Waals surface area (Å²) in [7, 11) is 1.64. The molecule has 1 atom stereocenters. The Morgan fingerprint density at radius 2 is 1.75 bits per heavy atom. The third-order valence-electron chi connectivity index (χ3n) is 4.99. The van der Waals surface area contributed by atoms with Gasteiger partial charge in [-0.3, -0.25) is 4.79 Å². The van der Waals surface area contributed by atoms with Crippen LogP contribution in [0.15, 0.2) is 79.0 Å². The first kappa shape index (κ1) is 17.9. The predicted octanol–water partition coefficient (Wildman–Crippen LogP) is 5.04. The molecule has 0 spiro atoms. The van der Waals surface area contributed by atoms with E-state index in [0.717, 1.165) is 16.8 Å². The second-order valence-corrected chi connectivity index (χ2v) is 6.94. The van der Waals surface area contributed by atoms with E-state index < -0.39 is 0 Å². The third kappa shape index (κ3) is 3.49. The number of aromatic amines is 1. The van der Waals surface area contributed by atoms with E-state index in [1.807, 2.05) is 30.3 Å². The third-order valence-corrected chi connectivity index (χ3v) is 4.99. The minimum atomic E-state index is -0.0816. The van der Waals surface area contributed by atoms with Gasteiger partial charge in [-0.25, -0.2) is 0 Å². The van der Waals surface area contributed by atoms with Gasteiger partial charge in [0.25, 0.3) is 5.91 Å². The number of hydrogen-bond acceptors (Lipinski definition) is 2. The van der Waals surface area contributed by atoms with Crippen molar-refractivity contribution in [1.29, 1.82) is 0 Å². The first-order chi connectivity index (χ1) is 13.7. The fourth-order valence-electron chi connectivity index (χ4n) is 3.55. The standard InChI is InChI=1S/C24H23N3O/c1-16-6-5-7-19(14-16)27-23(17-10-12-18(13-11-17)24(28)25-2)21-15-26-22-9-4-3-8-20(21)22/h3-15,23,26-27H,1-2H3,(H,25,28). The molecule has 0 bridgehead atoms. The number of fused-ring (bicyclic) bond motifs is 1. The van der Waals surface area contributed by atoms with Crippen LogP contribution in [0.4, 0.5) is 5.69 Å². The Morgan fingerprint density at radius 1 is 0.964 bits per heavy atom. The normalized spacial score (nSPS) is 11.9. The van der Waals surface area contributed by atoms with Crippen molar-refractivity contribution in [3.63, 3.8) is 0 Å². The van der Waals surface area contributed by atoms with Crippen LogP contribution in [-0.2, 0) is 0 Å². The second kappa shape index (κ2) is 7.61. The minimum Gasteiger partial charge on any atom is -0.374 e. The fourth-order valence-corrected chi connectivity index (χ4v) is 3.55. The molecule has 0 aliphatic carbocycles. The van der Waals surface area contributed by atoms with Crippen LogP contribution in [0.1, 0.15) is 33.1 Å². The number of para-hydroxylation sites is 1. The molecule has 140 valence electrons. The number of carbonyl (C=O) groups excluding carboxylic acids is 1. The van der Waals surface area contributed by atoms with E-state index in [-0.39, 0.29) is 11.9 Å². The zero-order valence-corrected chi connectivity index (χ0v) is 16.0. The average molecular weight is 369 g/mol. The van der Waals surface area contributed by atoms with Crippen molar-refractivity contribution in [1.82, 2.24) is 10.3 Å². The van der Waals surface area contributed by atoms with Crippen molar-refractivity contribution in [2.45, 2.75) is 13.0 Å². The monoisotopic (exact) mass is 369 g/mol. The van der Waals surface area contributed by atoms with Crippen molar-refractivity contribution < 1.29 is 4.79 Å². The number of aromatic nitrogens is 1. The number of rotatable bonds is 5. The van der Waals surface area contributed by atoms with Gasteiger partial charge in [0.15, 0.2) is 0 Å². The molecule has 4 nitrogen and oxygen atoms in total. The highest BCUT2D eigenvalue weighted by atomic mass is 16.1. The van der Waals surface area contributed by atoms with Crippen molar-refractivity contribution in [3.05, 3.63) is 101 Å². The average Bonchev–Trinajstić information content (AvgIpc) is 3.15. The highest BCUT2D eigenvalue weighted by Gasteiger charge is 2.18. The number of anilines is 1. The zero-order valence-electron chi connectivity index (χ0n) is 16.0. The maximum Gasteiger partial charge on any atom is 0.251 e. The summed E-state index contributed by atoms with van der Waals surface area (Å²) in [6, 6.07) is 24.4. The van der Waals surface area contributed by atoms with Crippen molar-refractivity contribution in [3.8, 4) is 0 Å². The Balaban J connectivity index is 1.78. The summed E-state index contributed by atoms with van der Waals surface area (Å²) in [6.45, 7) is 2.09. The largest absolute Gasteiger partial charge is 0.374 e. The van der Waals surface area contributed by atoms with Gasteiger partial charge in [-0.1, -0.05) is 42.5 Å². The van der Waals surface area contributed by atoms with E-state index in [1.54, 1.807) is 7.05 Å².